The Bertz CT molecular complexity index is 645. The van der Waals surface area contributed by atoms with E-state index < -0.39 is 12.3 Å². The van der Waals surface area contributed by atoms with Crippen LogP contribution < -0.4 is 10.1 Å². The van der Waals surface area contributed by atoms with Gasteiger partial charge in [0.1, 0.15) is 17.7 Å². The molecule has 1 atom stereocenters. The van der Waals surface area contributed by atoms with Gasteiger partial charge in [-0.25, -0.2) is 0 Å². The minimum Gasteiger partial charge on any atom is -0.497 e. The highest BCUT2D eigenvalue weighted by atomic mass is 35.5. The van der Waals surface area contributed by atoms with Crippen LogP contribution in [-0.2, 0) is 19.1 Å². The van der Waals surface area contributed by atoms with Crippen LogP contribution in [0.2, 0.25) is 0 Å². The SMILES string of the molecule is COc1ccc([C@@H](C(=O)NC2CCCCC2)N(CC(OC)OC)C(=O)CCl)cc1. The molecule has 1 saturated carbocycles. The lowest BCUT2D eigenvalue weighted by molar-refractivity contribution is -0.153. The fraction of sp³-hybridized carbons (Fsp3) is 0.619. The molecule has 29 heavy (non-hydrogen) atoms. The van der Waals surface area contributed by atoms with Crippen LogP contribution in [0.1, 0.15) is 43.7 Å². The summed E-state index contributed by atoms with van der Waals surface area (Å²) >= 11 is 5.87. The lowest BCUT2D eigenvalue weighted by atomic mass is 9.94. The quantitative estimate of drug-likeness (QED) is 0.460. The summed E-state index contributed by atoms with van der Waals surface area (Å²) < 4.78 is 15.7. The van der Waals surface area contributed by atoms with Gasteiger partial charge < -0.3 is 24.4 Å². The van der Waals surface area contributed by atoms with Gasteiger partial charge in [0.25, 0.3) is 0 Å². The predicted octanol–water partition coefficient (Wildman–Crippen LogP) is 2.87. The monoisotopic (exact) mass is 426 g/mol. The fourth-order valence-corrected chi connectivity index (χ4v) is 3.77. The molecule has 0 spiro atoms. The first-order valence-corrected chi connectivity index (χ1v) is 10.4. The Morgan fingerprint density at radius 2 is 1.72 bits per heavy atom. The van der Waals surface area contributed by atoms with Crippen molar-refractivity contribution in [1.82, 2.24) is 10.2 Å². The smallest absolute Gasteiger partial charge is 0.247 e. The van der Waals surface area contributed by atoms with Gasteiger partial charge in [-0.3, -0.25) is 9.59 Å². The molecule has 0 bridgehead atoms. The Balaban J connectivity index is 2.35. The second kappa shape index (κ2) is 12.0. The van der Waals surface area contributed by atoms with Crippen LogP contribution in [0.25, 0.3) is 0 Å². The number of ether oxygens (including phenoxy) is 3. The van der Waals surface area contributed by atoms with Crippen LogP contribution >= 0.6 is 11.6 Å². The minimum absolute atomic E-state index is 0.0767. The number of hydrogen-bond acceptors (Lipinski definition) is 5. The number of halogens is 1. The van der Waals surface area contributed by atoms with Gasteiger partial charge >= 0.3 is 0 Å². The molecule has 162 valence electrons. The fourth-order valence-electron chi connectivity index (χ4n) is 3.62. The zero-order chi connectivity index (χ0) is 21.2. The van der Waals surface area contributed by atoms with Crippen molar-refractivity contribution in [3.63, 3.8) is 0 Å². The molecule has 1 N–H and O–H groups in total. The summed E-state index contributed by atoms with van der Waals surface area (Å²) in [5.74, 6) is -0.178. The van der Waals surface area contributed by atoms with E-state index in [2.05, 4.69) is 5.32 Å². The van der Waals surface area contributed by atoms with Gasteiger partial charge in [-0.15, -0.1) is 11.6 Å². The van der Waals surface area contributed by atoms with Gasteiger partial charge in [-0.05, 0) is 30.5 Å². The van der Waals surface area contributed by atoms with Crippen molar-refractivity contribution in [2.24, 2.45) is 0 Å². The number of nitrogens with one attached hydrogen (secondary N) is 1. The van der Waals surface area contributed by atoms with E-state index in [4.69, 9.17) is 25.8 Å². The first-order valence-electron chi connectivity index (χ1n) is 9.89. The maximum absolute atomic E-state index is 13.3. The number of rotatable bonds is 10. The highest BCUT2D eigenvalue weighted by molar-refractivity contribution is 6.27. The van der Waals surface area contributed by atoms with E-state index >= 15 is 0 Å². The number of nitrogens with zero attached hydrogens (tertiary/aromatic N) is 1. The van der Waals surface area contributed by atoms with Gasteiger partial charge in [-0.2, -0.15) is 0 Å². The van der Waals surface area contributed by atoms with Gasteiger partial charge in [0.15, 0.2) is 6.29 Å². The predicted molar refractivity (Wildman–Crippen MR) is 111 cm³/mol. The average Bonchev–Trinajstić information content (AvgIpc) is 2.77. The third-order valence-corrected chi connectivity index (χ3v) is 5.48. The highest BCUT2D eigenvalue weighted by Crippen LogP contribution is 2.26. The van der Waals surface area contributed by atoms with Crippen LogP contribution in [0.5, 0.6) is 5.75 Å². The molecule has 0 aromatic heterocycles. The van der Waals surface area contributed by atoms with Crippen molar-refractivity contribution in [2.45, 2.75) is 50.5 Å². The first kappa shape index (κ1) is 23.4. The van der Waals surface area contributed by atoms with E-state index in [1.807, 2.05) is 0 Å². The maximum Gasteiger partial charge on any atom is 0.247 e. The first-order chi connectivity index (χ1) is 14.0. The number of methoxy groups -OCH3 is 3. The Hall–Kier alpha value is -1.83. The van der Waals surface area contributed by atoms with E-state index in [1.54, 1.807) is 31.4 Å². The zero-order valence-electron chi connectivity index (χ0n) is 17.4. The molecular weight excluding hydrogens is 396 g/mol. The molecule has 0 saturated heterocycles. The highest BCUT2D eigenvalue weighted by Gasteiger charge is 2.34. The van der Waals surface area contributed by atoms with Crippen molar-refractivity contribution in [1.29, 1.82) is 0 Å². The lowest BCUT2D eigenvalue weighted by Gasteiger charge is -2.34. The largest absolute Gasteiger partial charge is 0.497 e. The molecule has 0 aliphatic heterocycles. The molecule has 2 rings (SSSR count). The van der Waals surface area contributed by atoms with Gasteiger partial charge in [-0.1, -0.05) is 31.4 Å². The maximum atomic E-state index is 13.3. The molecule has 7 nitrogen and oxygen atoms in total. The van der Waals surface area contributed by atoms with Crippen molar-refractivity contribution in [2.75, 3.05) is 33.8 Å². The molecule has 0 radical (unpaired) electrons. The number of carbonyl (C=O) groups excluding carboxylic acids is 2. The van der Waals surface area contributed by atoms with Crippen LogP contribution in [0, 0.1) is 0 Å². The Morgan fingerprint density at radius 3 is 2.24 bits per heavy atom. The number of carbonyl (C=O) groups is 2. The summed E-state index contributed by atoms with van der Waals surface area (Å²) in [4.78, 5) is 27.4. The van der Waals surface area contributed by atoms with E-state index in [0.29, 0.717) is 11.3 Å². The molecule has 0 heterocycles. The van der Waals surface area contributed by atoms with Crippen molar-refractivity contribution >= 4 is 23.4 Å². The summed E-state index contributed by atoms with van der Waals surface area (Å²) in [7, 11) is 4.55. The normalized spacial score (nSPS) is 15.8. The Labute approximate surface area is 177 Å². The number of hydrogen-bond donors (Lipinski definition) is 1. The van der Waals surface area contributed by atoms with Gasteiger partial charge in [0, 0.05) is 20.3 Å². The summed E-state index contributed by atoms with van der Waals surface area (Å²) in [5.41, 5.74) is 0.670. The third-order valence-electron chi connectivity index (χ3n) is 5.25. The molecule has 0 unspecified atom stereocenters. The Morgan fingerprint density at radius 1 is 1.10 bits per heavy atom. The standard InChI is InChI=1S/C21H31ClN2O5/c1-27-17-11-9-15(10-12-17)20(21(26)23-16-7-5-4-6-8-16)24(18(25)13-22)14-19(28-2)29-3/h9-12,16,19-20H,4-8,13-14H2,1-3H3,(H,23,26)/t20-/m0/s1. The van der Waals surface area contributed by atoms with Crippen molar-refractivity contribution in [3.8, 4) is 5.75 Å². The Kier molecular flexibility index (Phi) is 9.70. The number of alkyl halides is 1. The topological polar surface area (TPSA) is 77.1 Å². The second-order valence-electron chi connectivity index (χ2n) is 7.10. The second-order valence-corrected chi connectivity index (χ2v) is 7.37. The van der Waals surface area contributed by atoms with Gasteiger partial charge in [0.05, 0.1) is 13.7 Å². The average molecular weight is 427 g/mol. The van der Waals surface area contributed by atoms with Gasteiger partial charge in [0.2, 0.25) is 11.8 Å². The van der Waals surface area contributed by atoms with E-state index in [-0.39, 0.29) is 30.3 Å². The van der Waals surface area contributed by atoms with Crippen LogP contribution in [0.3, 0.4) is 0 Å². The van der Waals surface area contributed by atoms with Crippen LogP contribution in [-0.4, -0.2) is 62.8 Å². The molecule has 1 fully saturated rings. The third kappa shape index (κ3) is 6.59. The van der Waals surface area contributed by atoms with Crippen LogP contribution in [0.4, 0.5) is 0 Å². The van der Waals surface area contributed by atoms with Crippen molar-refractivity contribution < 1.29 is 23.8 Å². The molecule has 1 aromatic rings. The molecule has 1 aromatic carbocycles. The minimum atomic E-state index is -0.845. The summed E-state index contributed by atoms with van der Waals surface area (Å²) in [6.45, 7) is 0.0767. The molecule has 2 amide bonds. The summed E-state index contributed by atoms with van der Waals surface area (Å²) in [5, 5.41) is 3.13. The molecular formula is C21H31ClN2O5. The van der Waals surface area contributed by atoms with Crippen LogP contribution in [0.15, 0.2) is 24.3 Å². The molecule has 1 aliphatic rings. The summed E-state index contributed by atoms with van der Waals surface area (Å²) in [6, 6.07) is 6.38. The zero-order valence-corrected chi connectivity index (χ0v) is 18.1. The number of benzene rings is 1. The van der Waals surface area contributed by atoms with E-state index in [9.17, 15) is 9.59 Å². The lowest BCUT2D eigenvalue weighted by Crippen LogP contribution is -2.50. The molecule has 8 heteroatoms. The summed E-state index contributed by atoms with van der Waals surface area (Å²) in [6.07, 6.45) is 4.60. The number of amides is 2. The van der Waals surface area contributed by atoms with E-state index in [0.717, 1.165) is 25.7 Å². The van der Waals surface area contributed by atoms with E-state index in [1.165, 1.54) is 25.5 Å². The van der Waals surface area contributed by atoms with Crippen molar-refractivity contribution in [3.05, 3.63) is 29.8 Å². The molecule has 1 aliphatic carbocycles.